The molecule has 0 saturated heterocycles. The van der Waals surface area contributed by atoms with E-state index in [1.165, 1.54) is 0 Å². The van der Waals surface area contributed by atoms with E-state index in [-0.39, 0.29) is 5.56 Å². The van der Waals surface area contributed by atoms with Gasteiger partial charge in [0.25, 0.3) is 5.56 Å². The lowest BCUT2D eigenvalue weighted by Gasteiger charge is -2.12. The lowest BCUT2D eigenvalue weighted by Crippen LogP contribution is -2.11. The number of amides is 2. The molecule has 0 aliphatic rings. The van der Waals surface area contributed by atoms with Gasteiger partial charge in [-0.3, -0.25) is 14.4 Å². The van der Waals surface area contributed by atoms with Crippen molar-refractivity contribution in [2.75, 3.05) is 10.6 Å². The normalized spacial score (nSPS) is 10.2. The Morgan fingerprint density at radius 1 is 0.808 bits per heavy atom. The van der Waals surface area contributed by atoms with Gasteiger partial charge >= 0.3 is 0 Å². The van der Waals surface area contributed by atoms with Crippen LogP contribution in [0.3, 0.4) is 0 Å². The molecule has 0 aliphatic heterocycles. The summed E-state index contributed by atoms with van der Waals surface area (Å²) in [6.07, 6.45) is 1.24. The molecule has 6 heteroatoms. The van der Waals surface area contributed by atoms with Gasteiger partial charge in [0.1, 0.15) is 0 Å². The molecule has 0 spiro atoms. The van der Waals surface area contributed by atoms with Gasteiger partial charge in [0.15, 0.2) is 0 Å². The topological polar surface area (TPSA) is 91.1 Å². The molecule has 3 N–H and O–H groups in total. The van der Waals surface area contributed by atoms with Crippen LogP contribution in [0, 0.1) is 6.92 Å². The summed E-state index contributed by atoms with van der Waals surface area (Å²) in [5.74, 6) is 0. The number of aromatic nitrogens is 1. The van der Waals surface area contributed by atoms with Crippen LogP contribution in [0.5, 0.6) is 0 Å². The first-order valence-corrected chi connectivity index (χ1v) is 7.97. The van der Waals surface area contributed by atoms with E-state index in [0.717, 1.165) is 16.7 Å². The summed E-state index contributed by atoms with van der Waals surface area (Å²) in [6.45, 7) is 1.76. The van der Waals surface area contributed by atoms with Crippen LogP contribution < -0.4 is 16.2 Å². The van der Waals surface area contributed by atoms with Crippen molar-refractivity contribution < 1.29 is 9.59 Å². The average Bonchev–Trinajstić information content (AvgIpc) is 2.66. The van der Waals surface area contributed by atoms with Gasteiger partial charge in [0.05, 0.1) is 5.69 Å². The molecule has 1 aromatic heterocycles. The molecule has 26 heavy (non-hydrogen) atoms. The number of anilines is 2. The third-order valence-electron chi connectivity index (χ3n) is 4.05. The van der Waals surface area contributed by atoms with Crippen molar-refractivity contribution in [3.8, 4) is 22.4 Å². The molecule has 2 aromatic carbocycles. The van der Waals surface area contributed by atoms with E-state index in [0.29, 0.717) is 35.5 Å². The van der Waals surface area contributed by atoms with Crippen molar-refractivity contribution in [1.82, 2.24) is 4.98 Å². The van der Waals surface area contributed by atoms with Crippen molar-refractivity contribution >= 4 is 24.2 Å². The molecule has 0 bridgehead atoms. The van der Waals surface area contributed by atoms with Crippen LogP contribution in [-0.2, 0) is 9.59 Å². The third-order valence-corrected chi connectivity index (χ3v) is 4.05. The number of nitrogens with one attached hydrogen (secondary N) is 3. The summed E-state index contributed by atoms with van der Waals surface area (Å²) in [4.78, 5) is 36.2. The quantitative estimate of drug-likeness (QED) is 0.598. The molecule has 6 nitrogen and oxygen atoms in total. The standard InChI is InChI=1S/C20H17N3O3/c1-13-10-18(14-2-6-16(7-3-14)21-11-24)19(23-20(13)26)15-4-8-17(9-5-15)22-12-25/h2-12H,1H3,(H,21,24)(H,22,25)(H,23,26). The first-order valence-electron chi connectivity index (χ1n) is 7.97. The van der Waals surface area contributed by atoms with Crippen LogP contribution in [0.25, 0.3) is 22.4 Å². The van der Waals surface area contributed by atoms with Crippen LogP contribution in [0.4, 0.5) is 11.4 Å². The Kier molecular flexibility index (Phi) is 4.94. The Labute approximate surface area is 149 Å². The van der Waals surface area contributed by atoms with Crippen LogP contribution in [0.15, 0.2) is 59.4 Å². The molecule has 0 aliphatic carbocycles. The Balaban J connectivity index is 2.09. The summed E-state index contributed by atoms with van der Waals surface area (Å²) < 4.78 is 0. The van der Waals surface area contributed by atoms with Gasteiger partial charge in [-0.2, -0.15) is 0 Å². The smallest absolute Gasteiger partial charge is 0.251 e. The SMILES string of the molecule is Cc1cc(-c2ccc(NC=O)cc2)c(-c2ccc(NC=O)cc2)[nH]c1=O. The first kappa shape index (κ1) is 17.2. The number of H-pyrrole nitrogens is 1. The molecule has 0 radical (unpaired) electrons. The largest absolute Gasteiger partial charge is 0.329 e. The number of hydrogen-bond acceptors (Lipinski definition) is 3. The lowest BCUT2D eigenvalue weighted by atomic mass is 9.97. The predicted octanol–water partition coefficient (Wildman–Crippen LogP) is 3.15. The number of aryl methyl sites for hydroxylation is 1. The second-order valence-electron chi connectivity index (χ2n) is 5.75. The fourth-order valence-corrected chi connectivity index (χ4v) is 2.70. The fraction of sp³-hybridized carbons (Fsp3) is 0.0500. The van der Waals surface area contributed by atoms with Crippen molar-refractivity contribution in [2.45, 2.75) is 6.92 Å². The van der Waals surface area contributed by atoms with Crippen LogP contribution in [-0.4, -0.2) is 17.8 Å². The van der Waals surface area contributed by atoms with Crippen LogP contribution in [0.1, 0.15) is 5.56 Å². The van der Waals surface area contributed by atoms with E-state index in [4.69, 9.17) is 0 Å². The molecule has 130 valence electrons. The number of aromatic amines is 1. The van der Waals surface area contributed by atoms with Gasteiger partial charge in [-0.05, 0) is 48.4 Å². The number of carbonyl (C=O) groups is 2. The van der Waals surface area contributed by atoms with Crippen molar-refractivity contribution in [3.63, 3.8) is 0 Å². The minimum atomic E-state index is -0.155. The molecule has 3 rings (SSSR count). The highest BCUT2D eigenvalue weighted by atomic mass is 16.1. The highest BCUT2D eigenvalue weighted by Crippen LogP contribution is 2.31. The van der Waals surface area contributed by atoms with Gasteiger partial charge in [0, 0.05) is 22.5 Å². The zero-order chi connectivity index (χ0) is 18.5. The van der Waals surface area contributed by atoms with Crippen LogP contribution in [0.2, 0.25) is 0 Å². The maximum absolute atomic E-state index is 12.1. The Bertz CT molecular complexity index is 990. The molecule has 3 aromatic rings. The molecule has 0 atom stereocenters. The van der Waals surface area contributed by atoms with Gasteiger partial charge in [-0.1, -0.05) is 24.3 Å². The number of benzene rings is 2. The number of rotatable bonds is 6. The van der Waals surface area contributed by atoms with Gasteiger partial charge in [0.2, 0.25) is 12.8 Å². The minimum absolute atomic E-state index is 0.155. The van der Waals surface area contributed by atoms with Crippen molar-refractivity contribution in [2.24, 2.45) is 0 Å². The Hall–Kier alpha value is -3.67. The first-order chi connectivity index (χ1) is 12.6. The predicted molar refractivity (Wildman–Crippen MR) is 102 cm³/mol. The molecule has 0 saturated carbocycles. The third kappa shape index (κ3) is 3.54. The van der Waals surface area contributed by atoms with E-state index in [2.05, 4.69) is 15.6 Å². The van der Waals surface area contributed by atoms with Gasteiger partial charge in [-0.25, -0.2) is 0 Å². The monoisotopic (exact) mass is 347 g/mol. The Morgan fingerprint density at radius 3 is 1.81 bits per heavy atom. The average molecular weight is 347 g/mol. The second kappa shape index (κ2) is 7.48. The lowest BCUT2D eigenvalue weighted by molar-refractivity contribution is -0.106. The van der Waals surface area contributed by atoms with Crippen molar-refractivity contribution in [3.05, 3.63) is 70.5 Å². The number of carbonyl (C=O) groups excluding carboxylic acids is 2. The summed E-state index contributed by atoms with van der Waals surface area (Å²) in [5, 5.41) is 5.18. The highest BCUT2D eigenvalue weighted by molar-refractivity contribution is 5.83. The van der Waals surface area contributed by atoms with E-state index < -0.39 is 0 Å². The molecule has 1 heterocycles. The molecule has 0 fully saturated rings. The molecule has 2 amide bonds. The summed E-state index contributed by atoms with van der Waals surface area (Å²) in [5.41, 5.74) is 5.11. The zero-order valence-electron chi connectivity index (χ0n) is 14.1. The molecular weight excluding hydrogens is 330 g/mol. The van der Waals surface area contributed by atoms with E-state index in [9.17, 15) is 14.4 Å². The van der Waals surface area contributed by atoms with Gasteiger partial charge in [-0.15, -0.1) is 0 Å². The van der Waals surface area contributed by atoms with E-state index in [1.54, 1.807) is 31.2 Å². The number of pyridine rings is 1. The Morgan fingerprint density at radius 2 is 1.31 bits per heavy atom. The fourth-order valence-electron chi connectivity index (χ4n) is 2.70. The van der Waals surface area contributed by atoms with E-state index in [1.807, 2.05) is 30.3 Å². The van der Waals surface area contributed by atoms with E-state index >= 15 is 0 Å². The molecule has 0 unspecified atom stereocenters. The zero-order valence-corrected chi connectivity index (χ0v) is 14.1. The van der Waals surface area contributed by atoms with Crippen molar-refractivity contribution in [1.29, 1.82) is 0 Å². The summed E-state index contributed by atoms with van der Waals surface area (Å²) >= 11 is 0. The maximum atomic E-state index is 12.1. The molecular formula is C20H17N3O3. The number of hydrogen-bond donors (Lipinski definition) is 3. The highest BCUT2D eigenvalue weighted by Gasteiger charge is 2.11. The van der Waals surface area contributed by atoms with Crippen LogP contribution >= 0.6 is 0 Å². The second-order valence-corrected chi connectivity index (χ2v) is 5.75. The minimum Gasteiger partial charge on any atom is -0.329 e. The summed E-state index contributed by atoms with van der Waals surface area (Å²) in [6, 6.07) is 16.4. The summed E-state index contributed by atoms with van der Waals surface area (Å²) in [7, 11) is 0. The van der Waals surface area contributed by atoms with Gasteiger partial charge < -0.3 is 15.6 Å². The maximum Gasteiger partial charge on any atom is 0.251 e.